The summed E-state index contributed by atoms with van der Waals surface area (Å²) in [7, 11) is 0. The molecule has 0 unspecified atom stereocenters. The molecule has 0 spiro atoms. The first-order valence-electron chi connectivity index (χ1n) is 9.50. The van der Waals surface area contributed by atoms with Crippen molar-refractivity contribution in [3.63, 3.8) is 0 Å². The second-order valence-electron chi connectivity index (χ2n) is 7.06. The van der Waals surface area contributed by atoms with E-state index in [9.17, 15) is 4.79 Å². The number of nitrogens with zero attached hydrogens (tertiary/aromatic N) is 2. The van der Waals surface area contributed by atoms with Crippen molar-refractivity contribution in [3.05, 3.63) is 96.5 Å². The standard InChI is InChI=1S/C24H19N3O2/c28-23(26-20-13-25-27(15-20)14-17-6-2-1-3-7-17)12-19-16-29-22-11-10-18-8-4-5-9-21(18)24(19)22/h1-11,13,15-16H,12,14H2,(H,26,28). The molecular weight excluding hydrogens is 362 g/mol. The monoisotopic (exact) mass is 381 g/mol. The van der Waals surface area contributed by atoms with Crippen LogP contribution in [0, 0.1) is 0 Å². The van der Waals surface area contributed by atoms with Gasteiger partial charge in [-0.3, -0.25) is 9.48 Å². The number of aromatic nitrogens is 2. The predicted molar refractivity (Wildman–Crippen MR) is 114 cm³/mol. The smallest absolute Gasteiger partial charge is 0.229 e. The summed E-state index contributed by atoms with van der Waals surface area (Å²) >= 11 is 0. The van der Waals surface area contributed by atoms with E-state index in [2.05, 4.69) is 22.5 Å². The number of hydrogen-bond acceptors (Lipinski definition) is 3. The van der Waals surface area contributed by atoms with Crippen molar-refractivity contribution >= 4 is 33.3 Å². The summed E-state index contributed by atoms with van der Waals surface area (Å²) in [5, 5.41) is 10.5. The van der Waals surface area contributed by atoms with E-state index in [0.29, 0.717) is 12.2 Å². The zero-order chi connectivity index (χ0) is 19.6. The molecule has 5 aromatic rings. The van der Waals surface area contributed by atoms with Gasteiger partial charge in [0.15, 0.2) is 0 Å². The van der Waals surface area contributed by atoms with Gasteiger partial charge in [0.2, 0.25) is 5.91 Å². The SMILES string of the molecule is O=C(Cc1coc2ccc3ccccc3c12)Nc1cnn(Cc2ccccc2)c1. The fraction of sp³-hybridized carbons (Fsp3) is 0.0833. The summed E-state index contributed by atoms with van der Waals surface area (Å²) < 4.78 is 7.49. The molecule has 0 fully saturated rings. The Morgan fingerprint density at radius 1 is 1.00 bits per heavy atom. The minimum Gasteiger partial charge on any atom is -0.464 e. The summed E-state index contributed by atoms with van der Waals surface area (Å²) in [5.41, 5.74) is 3.52. The van der Waals surface area contributed by atoms with Gasteiger partial charge >= 0.3 is 0 Å². The topological polar surface area (TPSA) is 60.1 Å². The van der Waals surface area contributed by atoms with Crippen molar-refractivity contribution in [1.82, 2.24) is 9.78 Å². The quantitative estimate of drug-likeness (QED) is 0.465. The molecule has 0 atom stereocenters. The summed E-state index contributed by atoms with van der Waals surface area (Å²) in [6.07, 6.45) is 5.43. The van der Waals surface area contributed by atoms with Crippen LogP contribution in [0.3, 0.4) is 0 Å². The number of benzene rings is 3. The highest BCUT2D eigenvalue weighted by molar-refractivity contribution is 6.09. The largest absolute Gasteiger partial charge is 0.464 e. The van der Waals surface area contributed by atoms with E-state index in [1.807, 2.05) is 65.5 Å². The van der Waals surface area contributed by atoms with E-state index >= 15 is 0 Å². The van der Waals surface area contributed by atoms with Crippen molar-refractivity contribution in [1.29, 1.82) is 0 Å². The van der Waals surface area contributed by atoms with Gasteiger partial charge in [0.05, 0.1) is 31.1 Å². The van der Waals surface area contributed by atoms with Gasteiger partial charge < -0.3 is 9.73 Å². The van der Waals surface area contributed by atoms with Crippen LogP contribution in [0.25, 0.3) is 21.7 Å². The fourth-order valence-corrected chi connectivity index (χ4v) is 3.67. The molecule has 2 aromatic heterocycles. The van der Waals surface area contributed by atoms with Crippen LogP contribution in [0.1, 0.15) is 11.1 Å². The molecule has 5 rings (SSSR count). The zero-order valence-electron chi connectivity index (χ0n) is 15.7. The van der Waals surface area contributed by atoms with Crippen LogP contribution in [-0.2, 0) is 17.8 Å². The number of anilines is 1. The van der Waals surface area contributed by atoms with Crippen molar-refractivity contribution in [2.45, 2.75) is 13.0 Å². The minimum absolute atomic E-state index is 0.0973. The molecule has 0 saturated heterocycles. The molecule has 2 heterocycles. The maximum absolute atomic E-state index is 12.6. The van der Waals surface area contributed by atoms with Gasteiger partial charge in [-0.1, -0.05) is 60.7 Å². The molecule has 5 nitrogen and oxygen atoms in total. The normalized spacial score (nSPS) is 11.2. The number of carbonyl (C=O) groups excluding carboxylic acids is 1. The van der Waals surface area contributed by atoms with Crippen molar-refractivity contribution in [2.24, 2.45) is 0 Å². The first-order chi connectivity index (χ1) is 14.3. The van der Waals surface area contributed by atoms with Gasteiger partial charge in [0.1, 0.15) is 5.58 Å². The van der Waals surface area contributed by atoms with Crippen molar-refractivity contribution < 1.29 is 9.21 Å². The highest BCUT2D eigenvalue weighted by atomic mass is 16.3. The Labute approximate surface area is 167 Å². The molecule has 0 aliphatic carbocycles. The van der Waals surface area contributed by atoms with Gasteiger partial charge in [0.25, 0.3) is 0 Å². The van der Waals surface area contributed by atoms with Gasteiger partial charge in [-0.2, -0.15) is 5.10 Å². The van der Waals surface area contributed by atoms with Crippen LogP contribution < -0.4 is 5.32 Å². The van der Waals surface area contributed by atoms with E-state index < -0.39 is 0 Å². The van der Waals surface area contributed by atoms with Crippen LogP contribution in [0.5, 0.6) is 0 Å². The van der Waals surface area contributed by atoms with E-state index in [0.717, 1.165) is 32.9 Å². The predicted octanol–water partition coefficient (Wildman–Crippen LogP) is 5.01. The molecule has 0 bridgehead atoms. The number of fused-ring (bicyclic) bond motifs is 3. The van der Waals surface area contributed by atoms with Crippen LogP contribution in [0.4, 0.5) is 5.69 Å². The molecule has 1 N–H and O–H groups in total. The van der Waals surface area contributed by atoms with Crippen LogP contribution in [0.15, 0.2) is 89.8 Å². The van der Waals surface area contributed by atoms with Gasteiger partial charge in [-0.25, -0.2) is 0 Å². The molecule has 0 saturated carbocycles. The third kappa shape index (κ3) is 3.50. The zero-order valence-corrected chi connectivity index (χ0v) is 15.7. The first kappa shape index (κ1) is 17.3. The Hall–Kier alpha value is -3.86. The van der Waals surface area contributed by atoms with Gasteiger partial charge in [-0.05, 0) is 22.4 Å². The van der Waals surface area contributed by atoms with Crippen molar-refractivity contribution in [2.75, 3.05) is 5.32 Å². The average molecular weight is 381 g/mol. The van der Waals surface area contributed by atoms with Crippen LogP contribution >= 0.6 is 0 Å². The molecule has 142 valence electrons. The number of rotatable bonds is 5. The lowest BCUT2D eigenvalue weighted by Gasteiger charge is -2.04. The number of nitrogens with one attached hydrogen (secondary N) is 1. The number of hydrogen-bond donors (Lipinski definition) is 1. The van der Waals surface area contributed by atoms with Crippen LogP contribution in [-0.4, -0.2) is 15.7 Å². The third-order valence-corrected chi connectivity index (χ3v) is 5.00. The van der Waals surface area contributed by atoms with E-state index in [-0.39, 0.29) is 12.3 Å². The number of carbonyl (C=O) groups is 1. The molecule has 29 heavy (non-hydrogen) atoms. The summed E-state index contributed by atoms with van der Waals surface area (Å²) in [5.74, 6) is -0.0973. The molecular formula is C24H19N3O2. The highest BCUT2D eigenvalue weighted by Gasteiger charge is 2.14. The molecule has 0 aliphatic heterocycles. The fourth-order valence-electron chi connectivity index (χ4n) is 3.67. The summed E-state index contributed by atoms with van der Waals surface area (Å²) in [6.45, 7) is 0.662. The third-order valence-electron chi connectivity index (χ3n) is 5.00. The number of furan rings is 1. The Morgan fingerprint density at radius 2 is 1.83 bits per heavy atom. The highest BCUT2D eigenvalue weighted by Crippen LogP contribution is 2.30. The second-order valence-corrected chi connectivity index (χ2v) is 7.06. The molecule has 3 aromatic carbocycles. The summed E-state index contributed by atoms with van der Waals surface area (Å²) in [6, 6.07) is 22.2. The molecule has 0 aliphatic rings. The minimum atomic E-state index is -0.0973. The van der Waals surface area contributed by atoms with E-state index in [1.165, 1.54) is 0 Å². The van der Waals surface area contributed by atoms with Crippen LogP contribution in [0.2, 0.25) is 0 Å². The van der Waals surface area contributed by atoms with Gasteiger partial charge in [0, 0.05) is 17.1 Å². The first-order valence-corrected chi connectivity index (χ1v) is 9.50. The maximum Gasteiger partial charge on any atom is 0.229 e. The molecule has 1 amide bonds. The van der Waals surface area contributed by atoms with E-state index in [1.54, 1.807) is 12.5 Å². The Kier molecular flexibility index (Phi) is 4.33. The lowest BCUT2D eigenvalue weighted by Crippen LogP contribution is -2.13. The molecule has 5 heteroatoms. The second kappa shape index (κ2) is 7.28. The Balaban J connectivity index is 1.33. The van der Waals surface area contributed by atoms with E-state index in [4.69, 9.17) is 4.42 Å². The molecule has 0 radical (unpaired) electrons. The lowest BCUT2D eigenvalue weighted by atomic mass is 10.0. The Morgan fingerprint density at radius 3 is 2.72 bits per heavy atom. The average Bonchev–Trinajstić information content (AvgIpc) is 3.35. The summed E-state index contributed by atoms with van der Waals surface area (Å²) in [4.78, 5) is 12.6. The van der Waals surface area contributed by atoms with Crippen molar-refractivity contribution in [3.8, 4) is 0 Å². The van der Waals surface area contributed by atoms with Gasteiger partial charge in [-0.15, -0.1) is 0 Å². The maximum atomic E-state index is 12.6. The number of amides is 1. The Bertz CT molecular complexity index is 1300. The lowest BCUT2D eigenvalue weighted by molar-refractivity contribution is -0.115.